The summed E-state index contributed by atoms with van der Waals surface area (Å²) < 4.78 is 12.4. The average Bonchev–Trinajstić information content (AvgIpc) is 2.49. The SMILES string of the molecule is C[N+](C)(CCOc1ccccc1)CCOc1ccccc1. The second kappa shape index (κ2) is 7.70. The Morgan fingerprint density at radius 2 is 1.05 bits per heavy atom. The van der Waals surface area contributed by atoms with E-state index in [4.69, 9.17) is 9.47 Å². The standard InChI is InChI=1S/C18H24NO2/c1-19(2,13-15-20-17-9-5-3-6-10-17)14-16-21-18-11-7-4-8-12-18/h3-12H,13-16H2,1-2H3/q+1. The summed E-state index contributed by atoms with van der Waals surface area (Å²) in [5, 5.41) is 0. The fourth-order valence-corrected chi connectivity index (χ4v) is 1.97. The summed E-state index contributed by atoms with van der Waals surface area (Å²) in [6.07, 6.45) is 0. The first kappa shape index (κ1) is 15.4. The number of rotatable bonds is 8. The van der Waals surface area contributed by atoms with Crippen LogP contribution in [-0.2, 0) is 0 Å². The number of quaternary nitrogens is 1. The van der Waals surface area contributed by atoms with Gasteiger partial charge in [0, 0.05) is 0 Å². The van der Waals surface area contributed by atoms with Crippen LogP contribution in [0, 0.1) is 0 Å². The molecule has 2 rings (SSSR count). The predicted octanol–water partition coefficient (Wildman–Crippen LogP) is 3.22. The number of ether oxygens (including phenoxy) is 2. The van der Waals surface area contributed by atoms with Crippen molar-refractivity contribution in [1.82, 2.24) is 0 Å². The molecule has 0 saturated heterocycles. The van der Waals surface area contributed by atoms with Gasteiger partial charge in [-0.05, 0) is 24.3 Å². The van der Waals surface area contributed by atoms with Crippen LogP contribution in [0.2, 0.25) is 0 Å². The molecule has 0 saturated carbocycles. The van der Waals surface area contributed by atoms with E-state index in [1.165, 1.54) is 0 Å². The lowest BCUT2D eigenvalue weighted by molar-refractivity contribution is -0.890. The van der Waals surface area contributed by atoms with E-state index in [0.29, 0.717) is 13.2 Å². The highest BCUT2D eigenvalue weighted by molar-refractivity contribution is 5.21. The van der Waals surface area contributed by atoms with E-state index in [2.05, 4.69) is 14.1 Å². The number of hydrogen-bond donors (Lipinski definition) is 0. The summed E-state index contributed by atoms with van der Waals surface area (Å²) in [5.41, 5.74) is 0. The van der Waals surface area contributed by atoms with E-state index in [0.717, 1.165) is 29.1 Å². The second-order valence-electron chi connectivity index (χ2n) is 5.71. The Labute approximate surface area is 127 Å². The summed E-state index contributed by atoms with van der Waals surface area (Å²) in [6, 6.07) is 19.9. The molecule has 0 aliphatic heterocycles. The van der Waals surface area contributed by atoms with E-state index in [1.807, 2.05) is 60.7 Å². The van der Waals surface area contributed by atoms with Crippen molar-refractivity contribution in [3.8, 4) is 11.5 Å². The lowest BCUT2D eigenvalue weighted by Crippen LogP contribution is -2.45. The summed E-state index contributed by atoms with van der Waals surface area (Å²) in [4.78, 5) is 0. The molecule has 0 spiro atoms. The van der Waals surface area contributed by atoms with Gasteiger partial charge in [-0.1, -0.05) is 36.4 Å². The molecular formula is C18H24NO2+. The first-order chi connectivity index (χ1) is 10.2. The van der Waals surface area contributed by atoms with Crippen LogP contribution in [0.5, 0.6) is 11.5 Å². The second-order valence-corrected chi connectivity index (χ2v) is 5.71. The summed E-state index contributed by atoms with van der Waals surface area (Å²) in [7, 11) is 4.39. The number of benzene rings is 2. The molecule has 2 aromatic rings. The smallest absolute Gasteiger partial charge is 0.137 e. The molecule has 112 valence electrons. The summed E-state index contributed by atoms with van der Waals surface area (Å²) in [5.74, 6) is 1.86. The molecule has 0 radical (unpaired) electrons. The maximum atomic E-state index is 5.75. The van der Waals surface area contributed by atoms with E-state index >= 15 is 0 Å². The Hall–Kier alpha value is -2.00. The van der Waals surface area contributed by atoms with Gasteiger partial charge in [0.25, 0.3) is 0 Å². The molecule has 3 heteroatoms. The highest BCUT2D eigenvalue weighted by Gasteiger charge is 2.15. The fourth-order valence-electron chi connectivity index (χ4n) is 1.97. The van der Waals surface area contributed by atoms with Crippen molar-refractivity contribution in [2.75, 3.05) is 40.4 Å². The Morgan fingerprint density at radius 1 is 0.667 bits per heavy atom. The zero-order chi connectivity index (χ0) is 15.0. The Kier molecular flexibility index (Phi) is 5.64. The van der Waals surface area contributed by atoms with Gasteiger partial charge in [-0.25, -0.2) is 0 Å². The van der Waals surface area contributed by atoms with Crippen molar-refractivity contribution >= 4 is 0 Å². The van der Waals surface area contributed by atoms with Crippen LogP contribution in [-0.4, -0.2) is 44.9 Å². The van der Waals surface area contributed by atoms with Gasteiger partial charge >= 0.3 is 0 Å². The van der Waals surface area contributed by atoms with Crippen molar-refractivity contribution in [2.24, 2.45) is 0 Å². The van der Waals surface area contributed by atoms with Gasteiger partial charge < -0.3 is 14.0 Å². The summed E-state index contributed by atoms with van der Waals surface area (Å²) in [6.45, 7) is 3.32. The molecule has 0 aliphatic carbocycles. The van der Waals surface area contributed by atoms with Crippen molar-refractivity contribution < 1.29 is 14.0 Å². The molecule has 2 aromatic carbocycles. The lowest BCUT2D eigenvalue weighted by Gasteiger charge is -2.29. The molecule has 0 aromatic heterocycles. The minimum atomic E-state index is 0.711. The third-order valence-electron chi connectivity index (χ3n) is 3.42. The van der Waals surface area contributed by atoms with Crippen LogP contribution in [0.1, 0.15) is 0 Å². The quantitative estimate of drug-likeness (QED) is 0.694. The van der Waals surface area contributed by atoms with Crippen LogP contribution in [0.25, 0.3) is 0 Å². The van der Waals surface area contributed by atoms with Gasteiger partial charge in [-0.3, -0.25) is 0 Å². The highest BCUT2D eigenvalue weighted by Crippen LogP contribution is 2.10. The molecule has 0 heterocycles. The van der Waals surface area contributed by atoms with E-state index in [1.54, 1.807) is 0 Å². The van der Waals surface area contributed by atoms with Gasteiger partial charge in [0.2, 0.25) is 0 Å². The van der Waals surface area contributed by atoms with Crippen molar-refractivity contribution in [2.45, 2.75) is 0 Å². The van der Waals surface area contributed by atoms with Gasteiger partial charge in [0.05, 0.1) is 14.1 Å². The molecule has 0 fully saturated rings. The maximum Gasteiger partial charge on any atom is 0.137 e. The number of likely N-dealkylation sites (N-methyl/N-ethyl adjacent to an activating group) is 1. The van der Waals surface area contributed by atoms with Crippen molar-refractivity contribution in [3.05, 3.63) is 60.7 Å². The molecule has 21 heavy (non-hydrogen) atoms. The minimum absolute atomic E-state index is 0.711. The third kappa shape index (κ3) is 5.88. The zero-order valence-corrected chi connectivity index (χ0v) is 12.9. The predicted molar refractivity (Wildman–Crippen MR) is 85.7 cm³/mol. The fraction of sp³-hybridized carbons (Fsp3) is 0.333. The minimum Gasteiger partial charge on any atom is -0.488 e. The molecule has 0 bridgehead atoms. The topological polar surface area (TPSA) is 18.5 Å². The molecule has 0 unspecified atom stereocenters. The Balaban J connectivity index is 1.67. The molecule has 0 atom stereocenters. The largest absolute Gasteiger partial charge is 0.488 e. The average molecular weight is 286 g/mol. The van der Waals surface area contributed by atoms with Crippen LogP contribution in [0.4, 0.5) is 0 Å². The molecular weight excluding hydrogens is 262 g/mol. The van der Waals surface area contributed by atoms with E-state index in [9.17, 15) is 0 Å². The van der Waals surface area contributed by atoms with Crippen molar-refractivity contribution in [1.29, 1.82) is 0 Å². The van der Waals surface area contributed by atoms with Gasteiger partial charge in [0.1, 0.15) is 37.8 Å². The first-order valence-corrected chi connectivity index (χ1v) is 7.33. The van der Waals surface area contributed by atoms with E-state index in [-0.39, 0.29) is 0 Å². The van der Waals surface area contributed by atoms with Crippen molar-refractivity contribution in [3.63, 3.8) is 0 Å². The third-order valence-corrected chi connectivity index (χ3v) is 3.42. The first-order valence-electron chi connectivity index (χ1n) is 7.33. The molecule has 0 amide bonds. The van der Waals surface area contributed by atoms with Crippen LogP contribution < -0.4 is 9.47 Å². The van der Waals surface area contributed by atoms with Gasteiger partial charge in [-0.15, -0.1) is 0 Å². The Morgan fingerprint density at radius 3 is 1.43 bits per heavy atom. The van der Waals surface area contributed by atoms with Gasteiger partial charge in [0.15, 0.2) is 0 Å². The normalized spacial score (nSPS) is 11.1. The maximum absolute atomic E-state index is 5.75. The zero-order valence-electron chi connectivity index (χ0n) is 12.9. The van der Waals surface area contributed by atoms with Gasteiger partial charge in [-0.2, -0.15) is 0 Å². The lowest BCUT2D eigenvalue weighted by atomic mass is 10.3. The number of para-hydroxylation sites is 2. The van der Waals surface area contributed by atoms with Crippen LogP contribution >= 0.6 is 0 Å². The number of hydrogen-bond acceptors (Lipinski definition) is 2. The monoisotopic (exact) mass is 286 g/mol. The molecule has 0 N–H and O–H groups in total. The Bertz CT molecular complexity index is 464. The highest BCUT2D eigenvalue weighted by atomic mass is 16.5. The molecule has 0 aliphatic rings. The van der Waals surface area contributed by atoms with Crippen LogP contribution in [0.3, 0.4) is 0 Å². The van der Waals surface area contributed by atoms with E-state index < -0.39 is 0 Å². The van der Waals surface area contributed by atoms with Crippen LogP contribution in [0.15, 0.2) is 60.7 Å². The summed E-state index contributed by atoms with van der Waals surface area (Å²) >= 11 is 0. The molecule has 3 nitrogen and oxygen atoms in total. The number of nitrogens with zero attached hydrogens (tertiary/aromatic N) is 1.